The highest BCUT2D eigenvalue weighted by molar-refractivity contribution is 6.29. The molecule has 1 saturated heterocycles. The van der Waals surface area contributed by atoms with E-state index >= 15 is 0 Å². The van der Waals surface area contributed by atoms with Crippen molar-refractivity contribution in [2.24, 2.45) is 0 Å². The first-order chi connectivity index (χ1) is 6.24. The van der Waals surface area contributed by atoms with E-state index in [4.69, 9.17) is 4.74 Å². The van der Waals surface area contributed by atoms with Gasteiger partial charge < -0.3 is 14.2 Å². The number of ether oxygens (including phenoxy) is 3. The van der Waals surface area contributed by atoms with Crippen molar-refractivity contribution in [1.29, 1.82) is 0 Å². The summed E-state index contributed by atoms with van der Waals surface area (Å²) in [7, 11) is 1.13. The summed E-state index contributed by atoms with van der Waals surface area (Å²) >= 11 is 0. The second-order valence-electron chi connectivity index (χ2n) is 2.73. The first-order valence-electron chi connectivity index (χ1n) is 4.10. The van der Waals surface area contributed by atoms with Gasteiger partial charge in [-0.2, -0.15) is 0 Å². The molecule has 74 valence electrons. The van der Waals surface area contributed by atoms with Crippen LogP contribution in [0, 0.1) is 0 Å². The standard InChI is InChI=1S/C8H12O5/c1-11-7(9)8(10)13-5-6-3-2-4-12-6/h6H,2-5H2,1H3. The first-order valence-corrected chi connectivity index (χ1v) is 4.10. The van der Waals surface area contributed by atoms with Crippen LogP contribution in [-0.4, -0.2) is 38.4 Å². The average Bonchev–Trinajstić information content (AvgIpc) is 2.65. The Balaban J connectivity index is 2.17. The molecule has 13 heavy (non-hydrogen) atoms. The topological polar surface area (TPSA) is 61.8 Å². The highest BCUT2D eigenvalue weighted by atomic mass is 16.6. The molecule has 0 spiro atoms. The van der Waals surface area contributed by atoms with Crippen molar-refractivity contribution < 1.29 is 23.8 Å². The Kier molecular flexibility index (Phi) is 3.70. The van der Waals surface area contributed by atoms with Gasteiger partial charge >= 0.3 is 11.9 Å². The van der Waals surface area contributed by atoms with Gasteiger partial charge in [-0.3, -0.25) is 0 Å². The van der Waals surface area contributed by atoms with E-state index in [2.05, 4.69) is 9.47 Å². The summed E-state index contributed by atoms with van der Waals surface area (Å²) in [5.74, 6) is -1.93. The zero-order chi connectivity index (χ0) is 9.68. The van der Waals surface area contributed by atoms with E-state index in [1.807, 2.05) is 0 Å². The fourth-order valence-corrected chi connectivity index (χ4v) is 1.09. The molecule has 1 aliphatic heterocycles. The van der Waals surface area contributed by atoms with Crippen LogP contribution >= 0.6 is 0 Å². The Morgan fingerprint density at radius 3 is 2.77 bits per heavy atom. The van der Waals surface area contributed by atoms with Crippen molar-refractivity contribution in [3.63, 3.8) is 0 Å². The molecule has 0 aliphatic carbocycles. The predicted molar refractivity (Wildman–Crippen MR) is 41.9 cm³/mol. The lowest BCUT2D eigenvalue weighted by Gasteiger charge is -2.08. The van der Waals surface area contributed by atoms with Crippen molar-refractivity contribution >= 4 is 11.9 Å². The fourth-order valence-electron chi connectivity index (χ4n) is 1.09. The van der Waals surface area contributed by atoms with Crippen LogP contribution in [0.15, 0.2) is 0 Å². The maximum Gasteiger partial charge on any atom is 0.417 e. The van der Waals surface area contributed by atoms with Gasteiger partial charge in [-0.05, 0) is 12.8 Å². The first kappa shape index (κ1) is 9.98. The predicted octanol–water partition coefficient (Wildman–Crippen LogP) is -0.118. The summed E-state index contributed by atoms with van der Waals surface area (Å²) in [4.78, 5) is 21.4. The van der Waals surface area contributed by atoms with Gasteiger partial charge in [0.1, 0.15) is 6.61 Å². The van der Waals surface area contributed by atoms with Crippen LogP contribution in [-0.2, 0) is 23.8 Å². The fraction of sp³-hybridized carbons (Fsp3) is 0.750. The van der Waals surface area contributed by atoms with Crippen LogP contribution in [0.25, 0.3) is 0 Å². The molecule has 5 nitrogen and oxygen atoms in total. The van der Waals surface area contributed by atoms with Crippen molar-refractivity contribution in [1.82, 2.24) is 0 Å². The Bertz CT molecular complexity index is 195. The van der Waals surface area contributed by atoms with Crippen LogP contribution in [0.2, 0.25) is 0 Å². The molecular weight excluding hydrogens is 176 g/mol. The smallest absolute Gasteiger partial charge is 0.417 e. The number of hydrogen-bond acceptors (Lipinski definition) is 5. The summed E-state index contributed by atoms with van der Waals surface area (Å²) in [5, 5.41) is 0. The summed E-state index contributed by atoms with van der Waals surface area (Å²) < 4.78 is 14.0. The SMILES string of the molecule is COC(=O)C(=O)OCC1CCCO1. The molecule has 0 radical (unpaired) electrons. The van der Waals surface area contributed by atoms with Crippen LogP contribution in [0.3, 0.4) is 0 Å². The van der Waals surface area contributed by atoms with Crippen LogP contribution in [0.1, 0.15) is 12.8 Å². The van der Waals surface area contributed by atoms with Gasteiger partial charge in [0.15, 0.2) is 0 Å². The molecule has 0 bridgehead atoms. The maximum absolute atomic E-state index is 10.8. The lowest BCUT2D eigenvalue weighted by Crippen LogP contribution is -2.24. The minimum Gasteiger partial charge on any atom is -0.461 e. The lowest BCUT2D eigenvalue weighted by molar-refractivity contribution is -0.167. The van der Waals surface area contributed by atoms with E-state index in [0.29, 0.717) is 6.61 Å². The Hall–Kier alpha value is -1.10. The Morgan fingerprint density at radius 2 is 2.23 bits per heavy atom. The lowest BCUT2D eigenvalue weighted by atomic mass is 10.2. The van der Waals surface area contributed by atoms with E-state index in [9.17, 15) is 9.59 Å². The molecule has 0 N–H and O–H groups in total. The largest absolute Gasteiger partial charge is 0.461 e. The van der Waals surface area contributed by atoms with Gasteiger partial charge in [-0.15, -0.1) is 0 Å². The van der Waals surface area contributed by atoms with E-state index in [-0.39, 0.29) is 12.7 Å². The number of rotatable bonds is 2. The van der Waals surface area contributed by atoms with Crippen molar-refractivity contribution in [3.05, 3.63) is 0 Å². The van der Waals surface area contributed by atoms with Crippen molar-refractivity contribution in [2.75, 3.05) is 20.3 Å². The molecule has 1 aliphatic rings. The van der Waals surface area contributed by atoms with Crippen molar-refractivity contribution in [2.45, 2.75) is 18.9 Å². The van der Waals surface area contributed by atoms with E-state index in [0.717, 1.165) is 20.0 Å². The molecule has 1 atom stereocenters. The molecule has 0 aromatic heterocycles. The molecule has 1 rings (SSSR count). The molecule has 0 saturated carbocycles. The number of carbonyl (C=O) groups is 2. The van der Waals surface area contributed by atoms with Crippen LogP contribution < -0.4 is 0 Å². The molecule has 1 unspecified atom stereocenters. The zero-order valence-electron chi connectivity index (χ0n) is 7.45. The number of carbonyl (C=O) groups excluding carboxylic acids is 2. The number of hydrogen-bond donors (Lipinski definition) is 0. The summed E-state index contributed by atoms with van der Waals surface area (Å²) in [6, 6.07) is 0. The second-order valence-corrected chi connectivity index (χ2v) is 2.73. The minimum absolute atomic E-state index is 0.0615. The van der Waals surface area contributed by atoms with E-state index < -0.39 is 11.9 Å². The van der Waals surface area contributed by atoms with Gasteiger partial charge in [0.25, 0.3) is 0 Å². The Morgan fingerprint density at radius 1 is 1.46 bits per heavy atom. The third kappa shape index (κ3) is 3.02. The molecule has 1 heterocycles. The van der Waals surface area contributed by atoms with Crippen LogP contribution in [0.5, 0.6) is 0 Å². The van der Waals surface area contributed by atoms with Gasteiger partial charge in [0.05, 0.1) is 13.2 Å². The monoisotopic (exact) mass is 188 g/mol. The number of esters is 2. The van der Waals surface area contributed by atoms with E-state index in [1.165, 1.54) is 0 Å². The highest BCUT2D eigenvalue weighted by Gasteiger charge is 2.21. The molecule has 0 aromatic carbocycles. The average molecular weight is 188 g/mol. The quantitative estimate of drug-likeness (QED) is 0.446. The van der Waals surface area contributed by atoms with Crippen molar-refractivity contribution in [3.8, 4) is 0 Å². The van der Waals surface area contributed by atoms with Crippen LogP contribution in [0.4, 0.5) is 0 Å². The summed E-state index contributed by atoms with van der Waals surface area (Å²) in [6.07, 6.45) is 1.78. The molecule has 1 fully saturated rings. The highest BCUT2D eigenvalue weighted by Crippen LogP contribution is 2.11. The van der Waals surface area contributed by atoms with E-state index in [1.54, 1.807) is 0 Å². The third-order valence-corrected chi connectivity index (χ3v) is 1.78. The Labute approximate surface area is 76.0 Å². The van der Waals surface area contributed by atoms with Gasteiger partial charge in [-0.25, -0.2) is 9.59 Å². The molecule has 0 amide bonds. The molecule has 0 aromatic rings. The summed E-state index contributed by atoms with van der Waals surface area (Å²) in [6.45, 7) is 0.828. The maximum atomic E-state index is 10.8. The zero-order valence-corrected chi connectivity index (χ0v) is 7.45. The number of methoxy groups -OCH3 is 1. The minimum atomic E-state index is -0.974. The molecule has 5 heteroatoms. The third-order valence-electron chi connectivity index (χ3n) is 1.78. The second kappa shape index (κ2) is 4.81. The normalized spacial score (nSPS) is 21.2. The van der Waals surface area contributed by atoms with Gasteiger partial charge in [0, 0.05) is 6.61 Å². The van der Waals surface area contributed by atoms with Gasteiger partial charge in [0.2, 0.25) is 0 Å². The molecular formula is C8H12O5. The van der Waals surface area contributed by atoms with Gasteiger partial charge in [-0.1, -0.05) is 0 Å². The summed E-state index contributed by atoms with van der Waals surface area (Å²) in [5.41, 5.74) is 0.